The zero-order chi connectivity index (χ0) is 12.8. The molecule has 0 aliphatic carbocycles. The average molecular weight is 238 g/mol. The Hall–Kier alpha value is -2.04. The van der Waals surface area contributed by atoms with Gasteiger partial charge in [0.15, 0.2) is 11.5 Å². The molecular formula is C12H14O5. The smallest absolute Gasteiger partial charge is 0.345 e. The summed E-state index contributed by atoms with van der Waals surface area (Å²) in [6.07, 6.45) is 0.152. The number of hydrogen-bond donors (Lipinski definition) is 0. The lowest BCUT2D eigenvalue weighted by molar-refractivity contribution is -0.137. The Balaban J connectivity index is 2.92. The second-order valence-corrected chi connectivity index (χ2v) is 3.18. The topological polar surface area (TPSA) is 61.8 Å². The quantitative estimate of drug-likeness (QED) is 0.591. The van der Waals surface area contributed by atoms with Crippen LogP contribution in [0.4, 0.5) is 0 Å². The number of hydrogen-bond acceptors (Lipinski definition) is 5. The molecule has 0 saturated heterocycles. The van der Waals surface area contributed by atoms with Crippen molar-refractivity contribution in [2.45, 2.75) is 13.3 Å². The summed E-state index contributed by atoms with van der Waals surface area (Å²) in [5.74, 6) is -0.348. The van der Waals surface area contributed by atoms with Crippen LogP contribution in [-0.2, 0) is 9.53 Å². The predicted molar refractivity (Wildman–Crippen MR) is 60.3 cm³/mol. The molecule has 0 unspecified atom stereocenters. The van der Waals surface area contributed by atoms with E-state index in [0.717, 1.165) is 0 Å². The summed E-state index contributed by atoms with van der Waals surface area (Å²) in [6, 6.07) is 4.54. The highest BCUT2D eigenvalue weighted by molar-refractivity contribution is 5.97. The zero-order valence-electron chi connectivity index (χ0n) is 9.98. The van der Waals surface area contributed by atoms with Crippen molar-refractivity contribution in [3.8, 4) is 11.5 Å². The lowest BCUT2D eigenvalue weighted by Crippen LogP contribution is -2.11. The van der Waals surface area contributed by atoms with Gasteiger partial charge in [-0.15, -0.1) is 0 Å². The van der Waals surface area contributed by atoms with E-state index < -0.39 is 11.9 Å². The number of esters is 2. The summed E-state index contributed by atoms with van der Waals surface area (Å²) < 4.78 is 14.7. The molecule has 5 heteroatoms. The lowest BCUT2D eigenvalue weighted by atomic mass is 10.2. The second kappa shape index (κ2) is 5.89. The molecule has 0 amide bonds. The molecule has 1 rings (SSSR count). The van der Waals surface area contributed by atoms with Gasteiger partial charge in [0.25, 0.3) is 0 Å². The standard InChI is InChI=1S/C12H14O5/c1-4-11(13)17-12(14)8-5-6-9(15-2)10(7-8)16-3/h5-7H,4H2,1-3H3. The van der Waals surface area contributed by atoms with Gasteiger partial charge in [0, 0.05) is 6.42 Å². The van der Waals surface area contributed by atoms with E-state index in [1.54, 1.807) is 13.0 Å². The fourth-order valence-electron chi connectivity index (χ4n) is 1.20. The number of benzene rings is 1. The van der Waals surface area contributed by atoms with Gasteiger partial charge < -0.3 is 14.2 Å². The molecule has 0 N–H and O–H groups in total. The highest BCUT2D eigenvalue weighted by Gasteiger charge is 2.14. The number of methoxy groups -OCH3 is 2. The summed E-state index contributed by atoms with van der Waals surface area (Å²) >= 11 is 0. The van der Waals surface area contributed by atoms with Crippen LogP contribution in [0.1, 0.15) is 23.7 Å². The van der Waals surface area contributed by atoms with E-state index in [9.17, 15) is 9.59 Å². The number of carbonyl (C=O) groups excluding carboxylic acids is 2. The van der Waals surface area contributed by atoms with Crippen LogP contribution in [0.3, 0.4) is 0 Å². The van der Waals surface area contributed by atoms with E-state index in [4.69, 9.17) is 9.47 Å². The summed E-state index contributed by atoms with van der Waals surface area (Å²) in [4.78, 5) is 22.5. The second-order valence-electron chi connectivity index (χ2n) is 3.18. The molecule has 0 heterocycles. The minimum atomic E-state index is -0.696. The molecule has 1 aromatic rings. The predicted octanol–water partition coefficient (Wildman–Crippen LogP) is 1.80. The van der Waals surface area contributed by atoms with Crippen molar-refractivity contribution in [1.29, 1.82) is 0 Å². The fourth-order valence-corrected chi connectivity index (χ4v) is 1.20. The Morgan fingerprint density at radius 2 is 1.76 bits per heavy atom. The molecule has 5 nitrogen and oxygen atoms in total. The highest BCUT2D eigenvalue weighted by Crippen LogP contribution is 2.27. The molecule has 17 heavy (non-hydrogen) atoms. The van der Waals surface area contributed by atoms with Crippen molar-refractivity contribution in [2.24, 2.45) is 0 Å². The minimum Gasteiger partial charge on any atom is -0.493 e. The van der Waals surface area contributed by atoms with Crippen molar-refractivity contribution in [2.75, 3.05) is 14.2 Å². The van der Waals surface area contributed by atoms with E-state index in [1.165, 1.54) is 26.4 Å². The van der Waals surface area contributed by atoms with Gasteiger partial charge in [-0.2, -0.15) is 0 Å². The van der Waals surface area contributed by atoms with Crippen LogP contribution in [0.15, 0.2) is 18.2 Å². The number of rotatable bonds is 4. The Bertz CT molecular complexity index is 425. The van der Waals surface area contributed by atoms with E-state index in [1.807, 2.05) is 0 Å². The van der Waals surface area contributed by atoms with Gasteiger partial charge in [-0.05, 0) is 18.2 Å². The van der Waals surface area contributed by atoms with Crippen LogP contribution in [0.25, 0.3) is 0 Å². The monoisotopic (exact) mass is 238 g/mol. The fraction of sp³-hybridized carbons (Fsp3) is 0.333. The first-order valence-electron chi connectivity index (χ1n) is 5.09. The maximum atomic E-state index is 11.5. The molecule has 92 valence electrons. The Labute approximate surface area is 99.3 Å². The first-order valence-corrected chi connectivity index (χ1v) is 5.09. The van der Waals surface area contributed by atoms with Gasteiger partial charge in [-0.1, -0.05) is 6.92 Å². The maximum absolute atomic E-state index is 11.5. The van der Waals surface area contributed by atoms with E-state index in [-0.39, 0.29) is 12.0 Å². The molecule has 0 radical (unpaired) electrons. The summed E-state index contributed by atoms with van der Waals surface area (Å²) in [6.45, 7) is 1.62. The molecule has 0 fully saturated rings. The summed E-state index contributed by atoms with van der Waals surface area (Å²) in [5.41, 5.74) is 0.240. The molecule has 0 bridgehead atoms. The van der Waals surface area contributed by atoms with E-state index in [2.05, 4.69) is 4.74 Å². The van der Waals surface area contributed by atoms with Crippen LogP contribution in [0, 0.1) is 0 Å². The van der Waals surface area contributed by atoms with Gasteiger partial charge in [-0.25, -0.2) is 4.79 Å². The van der Waals surface area contributed by atoms with E-state index >= 15 is 0 Å². The van der Waals surface area contributed by atoms with Crippen LogP contribution in [-0.4, -0.2) is 26.2 Å². The molecule has 0 saturated carbocycles. The zero-order valence-corrected chi connectivity index (χ0v) is 9.98. The maximum Gasteiger partial charge on any atom is 0.345 e. The Morgan fingerprint density at radius 3 is 2.29 bits per heavy atom. The number of ether oxygens (including phenoxy) is 3. The molecule has 0 atom stereocenters. The van der Waals surface area contributed by atoms with Crippen molar-refractivity contribution in [3.63, 3.8) is 0 Å². The molecule has 1 aromatic carbocycles. The van der Waals surface area contributed by atoms with E-state index in [0.29, 0.717) is 11.5 Å². The minimum absolute atomic E-state index is 0.152. The SMILES string of the molecule is CCC(=O)OC(=O)c1ccc(OC)c(OC)c1. The third-order valence-corrected chi connectivity index (χ3v) is 2.11. The van der Waals surface area contributed by atoms with Gasteiger partial charge in [0.1, 0.15) is 0 Å². The normalized spacial score (nSPS) is 9.59. The van der Waals surface area contributed by atoms with Gasteiger partial charge >= 0.3 is 11.9 Å². The first-order chi connectivity index (χ1) is 8.12. The summed E-state index contributed by atoms with van der Waals surface area (Å²) in [5, 5.41) is 0. The Kier molecular flexibility index (Phi) is 4.51. The van der Waals surface area contributed by atoms with Crippen molar-refractivity contribution in [3.05, 3.63) is 23.8 Å². The molecular weight excluding hydrogens is 224 g/mol. The third kappa shape index (κ3) is 3.21. The third-order valence-electron chi connectivity index (χ3n) is 2.11. The number of carbonyl (C=O) groups is 2. The molecule has 0 spiro atoms. The van der Waals surface area contributed by atoms with Crippen LogP contribution >= 0.6 is 0 Å². The Morgan fingerprint density at radius 1 is 1.12 bits per heavy atom. The van der Waals surface area contributed by atoms with Gasteiger partial charge in [-0.3, -0.25) is 4.79 Å². The van der Waals surface area contributed by atoms with Crippen LogP contribution in [0.5, 0.6) is 11.5 Å². The lowest BCUT2D eigenvalue weighted by Gasteiger charge is -2.08. The molecule has 0 aliphatic heterocycles. The van der Waals surface area contributed by atoms with Gasteiger partial charge in [0.2, 0.25) is 0 Å². The molecule has 0 aromatic heterocycles. The van der Waals surface area contributed by atoms with Gasteiger partial charge in [0.05, 0.1) is 19.8 Å². The summed E-state index contributed by atoms with van der Waals surface area (Å²) in [7, 11) is 2.96. The van der Waals surface area contributed by atoms with Crippen molar-refractivity contribution in [1.82, 2.24) is 0 Å². The van der Waals surface area contributed by atoms with Crippen LogP contribution < -0.4 is 9.47 Å². The average Bonchev–Trinajstić information content (AvgIpc) is 2.37. The first kappa shape index (κ1) is 13.0. The largest absolute Gasteiger partial charge is 0.493 e. The van der Waals surface area contributed by atoms with Crippen molar-refractivity contribution >= 4 is 11.9 Å². The highest BCUT2D eigenvalue weighted by atomic mass is 16.6. The molecule has 0 aliphatic rings. The van der Waals surface area contributed by atoms with Crippen molar-refractivity contribution < 1.29 is 23.8 Å². The van der Waals surface area contributed by atoms with Crippen LogP contribution in [0.2, 0.25) is 0 Å².